The van der Waals surface area contributed by atoms with Gasteiger partial charge in [-0.25, -0.2) is 5.01 Å². The van der Waals surface area contributed by atoms with Gasteiger partial charge in [0.05, 0.1) is 18.6 Å². The average Bonchev–Trinajstić information content (AvgIpc) is 3.34. The number of hydrogen-bond acceptors (Lipinski definition) is 4. The van der Waals surface area contributed by atoms with Crippen molar-refractivity contribution in [1.29, 1.82) is 0 Å². The Bertz CT molecular complexity index is 933. The van der Waals surface area contributed by atoms with Crippen LogP contribution in [0.3, 0.4) is 0 Å². The first-order chi connectivity index (χ1) is 12.1. The van der Waals surface area contributed by atoms with E-state index >= 15 is 0 Å². The Labute approximate surface area is 153 Å². The molecule has 0 radical (unpaired) electrons. The Morgan fingerprint density at radius 2 is 1.92 bits per heavy atom. The molecule has 0 bridgehead atoms. The molecule has 1 atom stereocenters. The van der Waals surface area contributed by atoms with E-state index in [1.165, 1.54) is 11.3 Å². The molecule has 1 aliphatic heterocycles. The lowest BCUT2D eigenvalue weighted by molar-refractivity contribution is 0.0678. The number of nitrogens with zero attached hydrogens (tertiary/aromatic N) is 2. The Morgan fingerprint density at radius 1 is 1.12 bits per heavy atom. The van der Waals surface area contributed by atoms with Gasteiger partial charge in [-0.2, -0.15) is 5.10 Å². The van der Waals surface area contributed by atoms with Crippen molar-refractivity contribution in [2.75, 3.05) is 0 Å². The number of carbonyl (C=O) groups is 1. The van der Waals surface area contributed by atoms with E-state index in [2.05, 4.69) is 5.10 Å². The molecule has 0 spiro atoms. The maximum absolute atomic E-state index is 12.8. The summed E-state index contributed by atoms with van der Waals surface area (Å²) in [6, 6.07) is 11.7. The molecule has 3 heterocycles. The van der Waals surface area contributed by atoms with Crippen LogP contribution in [-0.2, 0) is 0 Å². The van der Waals surface area contributed by atoms with Crippen LogP contribution >= 0.6 is 23.2 Å². The standard InChI is InChI=1S/C18H12Cl2N2O3/c19-11-5-6-12(13(20)9-11)15-10-14(16-3-1-7-24-16)21-22(15)18(23)17-4-2-8-25-17/h1-9,15H,10H2/t15-/m0/s1. The highest BCUT2D eigenvalue weighted by molar-refractivity contribution is 6.35. The van der Waals surface area contributed by atoms with Crippen molar-refractivity contribution in [1.82, 2.24) is 5.01 Å². The second-order valence-corrected chi connectivity index (χ2v) is 6.38. The van der Waals surface area contributed by atoms with Gasteiger partial charge in [0.1, 0.15) is 11.5 Å². The second kappa shape index (κ2) is 6.43. The van der Waals surface area contributed by atoms with Gasteiger partial charge in [-0.1, -0.05) is 29.3 Å². The Kier molecular flexibility index (Phi) is 4.11. The van der Waals surface area contributed by atoms with Crippen molar-refractivity contribution in [2.24, 2.45) is 5.10 Å². The third-order valence-electron chi connectivity index (χ3n) is 3.98. The van der Waals surface area contributed by atoms with Crippen molar-refractivity contribution in [3.63, 3.8) is 0 Å². The summed E-state index contributed by atoms with van der Waals surface area (Å²) in [5.41, 5.74) is 1.43. The first kappa shape index (κ1) is 16.0. The normalized spacial score (nSPS) is 17.0. The van der Waals surface area contributed by atoms with Gasteiger partial charge in [-0.05, 0) is 42.0 Å². The summed E-state index contributed by atoms with van der Waals surface area (Å²) in [7, 11) is 0. The lowest BCUT2D eigenvalue weighted by Gasteiger charge is -2.22. The summed E-state index contributed by atoms with van der Waals surface area (Å²) >= 11 is 12.3. The molecule has 3 aromatic rings. The summed E-state index contributed by atoms with van der Waals surface area (Å²) in [5, 5.41) is 6.85. The molecule has 0 fully saturated rings. The van der Waals surface area contributed by atoms with Crippen LogP contribution in [-0.4, -0.2) is 16.6 Å². The molecule has 0 saturated carbocycles. The maximum Gasteiger partial charge on any atom is 0.310 e. The number of hydrogen-bond donors (Lipinski definition) is 0. The van der Waals surface area contributed by atoms with Crippen LogP contribution in [0.1, 0.15) is 34.3 Å². The molecular formula is C18H12Cl2N2O3. The molecule has 4 rings (SSSR count). The van der Waals surface area contributed by atoms with Crippen molar-refractivity contribution >= 4 is 34.8 Å². The SMILES string of the molecule is O=C(c1ccco1)N1N=C(c2ccco2)C[C@H]1c1ccc(Cl)cc1Cl. The Morgan fingerprint density at radius 3 is 2.60 bits per heavy atom. The van der Waals surface area contributed by atoms with Gasteiger partial charge in [-0.15, -0.1) is 0 Å². The molecule has 7 heteroatoms. The van der Waals surface area contributed by atoms with Crippen molar-refractivity contribution < 1.29 is 13.6 Å². The fourth-order valence-electron chi connectivity index (χ4n) is 2.82. The van der Waals surface area contributed by atoms with E-state index in [1.807, 2.05) is 0 Å². The van der Waals surface area contributed by atoms with Crippen LogP contribution in [0.25, 0.3) is 0 Å². The molecule has 126 valence electrons. The van der Waals surface area contributed by atoms with Gasteiger partial charge >= 0.3 is 5.91 Å². The molecular weight excluding hydrogens is 363 g/mol. The zero-order valence-electron chi connectivity index (χ0n) is 12.9. The van der Waals surface area contributed by atoms with Gasteiger partial charge in [0, 0.05) is 16.5 Å². The second-order valence-electron chi connectivity index (χ2n) is 5.54. The lowest BCUT2D eigenvalue weighted by Crippen LogP contribution is -2.27. The summed E-state index contributed by atoms with van der Waals surface area (Å²) in [6.45, 7) is 0. The zero-order valence-corrected chi connectivity index (χ0v) is 14.4. The topological polar surface area (TPSA) is 59.0 Å². The van der Waals surface area contributed by atoms with Crippen LogP contribution in [0.15, 0.2) is 68.9 Å². The smallest absolute Gasteiger partial charge is 0.310 e. The minimum Gasteiger partial charge on any atom is -0.463 e. The number of rotatable bonds is 3. The zero-order chi connectivity index (χ0) is 17.4. The van der Waals surface area contributed by atoms with E-state index in [0.717, 1.165) is 5.56 Å². The van der Waals surface area contributed by atoms with Crippen molar-refractivity contribution in [3.8, 4) is 0 Å². The van der Waals surface area contributed by atoms with Crippen molar-refractivity contribution in [2.45, 2.75) is 12.5 Å². The number of amides is 1. The van der Waals surface area contributed by atoms with Gasteiger partial charge in [0.2, 0.25) is 0 Å². The van der Waals surface area contributed by atoms with Gasteiger partial charge in [0.25, 0.3) is 0 Å². The highest BCUT2D eigenvalue weighted by Crippen LogP contribution is 2.38. The summed E-state index contributed by atoms with van der Waals surface area (Å²) in [4.78, 5) is 12.8. The van der Waals surface area contributed by atoms with E-state index in [0.29, 0.717) is 27.9 Å². The van der Waals surface area contributed by atoms with E-state index in [-0.39, 0.29) is 17.7 Å². The van der Waals surface area contributed by atoms with Crippen LogP contribution in [0.4, 0.5) is 0 Å². The highest BCUT2D eigenvalue weighted by Gasteiger charge is 2.36. The molecule has 0 aliphatic carbocycles. The molecule has 1 aromatic carbocycles. The lowest BCUT2D eigenvalue weighted by atomic mass is 10.0. The average molecular weight is 375 g/mol. The maximum atomic E-state index is 12.8. The Balaban J connectivity index is 1.75. The minimum absolute atomic E-state index is 0.208. The molecule has 0 saturated heterocycles. The molecule has 5 nitrogen and oxygen atoms in total. The number of benzene rings is 1. The fraction of sp³-hybridized carbons (Fsp3) is 0.111. The molecule has 25 heavy (non-hydrogen) atoms. The first-order valence-corrected chi connectivity index (χ1v) is 8.32. The summed E-state index contributed by atoms with van der Waals surface area (Å²) in [5.74, 6) is 0.479. The van der Waals surface area contributed by atoms with Gasteiger partial charge < -0.3 is 8.83 Å². The van der Waals surface area contributed by atoms with Gasteiger partial charge in [0.15, 0.2) is 5.76 Å². The fourth-order valence-corrected chi connectivity index (χ4v) is 3.35. The highest BCUT2D eigenvalue weighted by atomic mass is 35.5. The predicted octanol–water partition coefficient (Wildman–Crippen LogP) is 5.17. The molecule has 2 aromatic heterocycles. The predicted molar refractivity (Wildman–Crippen MR) is 93.9 cm³/mol. The molecule has 0 N–H and O–H groups in total. The van der Waals surface area contributed by atoms with Gasteiger partial charge in [-0.3, -0.25) is 4.79 Å². The van der Waals surface area contributed by atoms with Crippen LogP contribution in [0.2, 0.25) is 10.0 Å². The third kappa shape index (κ3) is 2.97. The molecule has 1 amide bonds. The Hall–Kier alpha value is -2.50. The number of furan rings is 2. The molecule has 1 aliphatic rings. The minimum atomic E-state index is -0.373. The number of hydrazone groups is 1. The number of halogens is 2. The third-order valence-corrected chi connectivity index (χ3v) is 4.54. The monoisotopic (exact) mass is 374 g/mol. The van der Waals surface area contributed by atoms with E-state index in [4.69, 9.17) is 32.0 Å². The van der Waals surface area contributed by atoms with E-state index in [9.17, 15) is 4.79 Å². The first-order valence-electron chi connectivity index (χ1n) is 7.57. The van der Waals surface area contributed by atoms with E-state index in [1.54, 1.807) is 48.7 Å². The quantitative estimate of drug-likeness (QED) is 0.635. The van der Waals surface area contributed by atoms with E-state index < -0.39 is 0 Å². The summed E-state index contributed by atoms with van der Waals surface area (Å²) < 4.78 is 10.7. The largest absolute Gasteiger partial charge is 0.463 e. The van der Waals surface area contributed by atoms with Crippen LogP contribution in [0, 0.1) is 0 Å². The number of carbonyl (C=O) groups excluding carboxylic acids is 1. The van der Waals surface area contributed by atoms with Crippen molar-refractivity contribution in [3.05, 3.63) is 82.1 Å². The van der Waals surface area contributed by atoms with Crippen LogP contribution in [0.5, 0.6) is 0 Å². The molecule has 0 unspecified atom stereocenters. The van der Waals surface area contributed by atoms with Crippen LogP contribution < -0.4 is 0 Å². The summed E-state index contributed by atoms with van der Waals surface area (Å²) in [6.07, 6.45) is 3.49.